The van der Waals surface area contributed by atoms with Crippen molar-refractivity contribution in [2.45, 2.75) is 51.0 Å². The lowest BCUT2D eigenvalue weighted by Crippen LogP contribution is -2.25. The van der Waals surface area contributed by atoms with Gasteiger partial charge in [0.05, 0.1) is 4.90 Å². The SMILES string of the molecule is Cc1ccc(S(=O)(=O)NCCCC(=O)C#CC(=O)OC(C)(C)C)cc1. The fraction of sp³-hybridized carbons (Fsp3) is 0.444. The zero-order valence-electron chi connectivity index (χ0n) is 14.9. The molecule has 25 heavy (non-hydrogen) atoms. The summed E-state index contributed by atoms with van der Waals surface area (Å²) < 4.78 is 31.5. The predicted octanol–water partition coefficient (Wildman–Crippen LogP) is 1.97. The van der Waals surface area contributed by atoms with E-state index in [4.69, 9.17) is 4.74 Å². The van der Waals surface area contributed by atoms with Gasteiger partial charge in [-0.15, -0.1) is 0 Å². The van der Waals surface area contributed by atoms with Crippen LogP contribution >= 0.6 is 0 Å². The Kier molecular flexibility index (Phi) is 7.34. The monoisotopic (exact) mass is 365 g/mol. The first-order chi connectivity index (χ1) is 11.5. The van der Waals surface area contributed by atoms with Crippen molar-refractivity contribution in [2.75, 3.05) is 6.54 Å². The topological polar surface area (TPSA) is 89.5 Å². The van der Waals surface area contributed by atoms with E-state index in [0.29, 0.717) is 0 Å². The molecule has 0 amide bonds. The third kappa shape index (κ3) is 8.47. The van der Waals surface area contributed by atoms with Gasteiger partial charge in [-0.05, 0) is 52.2 Å². The minimum Gasteiger partial charge on any atom is -0.450 e. The van der Waals surface area contributed by atoms with Gasteiger partial charge in [0.2, 0.25) is 15.8 Å². The highest BCUT2D eigenvalue weighted by Gasteiger charge is 2.15. The number of esters is 1. The molecule has 0 aliphatic heterocycles. The van der Waals surface area contributed by atoms with Gasteiger partial charge in [0.25, 0.3) is 0 Å². The molecule has 0 fully saturated rings. The maximum Gasteiger partial charge on any atom is 0.385 e. The molecule has 7 heteroatoms. The molecule has 0 saturated carbocycles. The number of ketones is 1. The Bertz CT molecular complexity index is 777. The highest BCUT2D eigenvalue weighted by atomic mass is 32.2. The smallest absolute Gasteiger partial charge is 0.385 e. The highest BCUT2D eigenvalue weighted by Crippen LogP contribution is 2.10. The van der Waals surface area contributed by atoms with Crippen molar-refractivity contribution in [3.63, 3.8) is 0 Å². The quantitative estimate of drug-likeness (QED) is 0.274. The minimum atomic E-state index is -3.59. The van der Waals surface area contributed by atoms with Crippen LogP contribution in [0.15, 0.2) is 29.2 Å². The number of hydrogen-bond acceptors (Lipinski definition) is 5. The van der Waals surface area contributed by atoms with Crippen molar-refractivity contribution < 1.29 is 22.7 Å². The summed E-state index contributed by atoms with van der Waals surface area (Å²) in [5.74, 6) is 3.12. The Labute approximate surface area is 149 Å². The summed E-state index contributed by atoms with van der Waals surface area (Å²) in [5.41, 5.74) is 0.302. The molecule has 1 aromatic carbocycles. The molecular weight excluding hydrogens is 342 g/mol. The van der Waals surface area contributed by atoms with Crippen molar-refractivity contribution in [1.82, 2.24) is 4.72 Å². The molecule has 1 N–H and O–H groups in total. The average Bonchev–Trinajstić information content (AvgIpc) is 2.48. The number of benzene rings is 1. The van der Waals surface area contributed by atoms with Gasteiger partial charge in [-0.25, -0.2) is 17.9 Å². The van der Waals surface area contributed by atoms with Gasteiger partial charge < -0.3 is 4.74 Å². The van der Waals surface area contributed by atoms with E-state index in [1.165, 1.54) is 12.1 Å². The van der Waals surface area contributed by atoms with Gasteiger partial charge in [0, 0.05) is 18.9 Å². The maximum absolute atomic E-state index is 12.1. The first-order valence-corrected chi connectivity index (χ1v) is 9.32. The van der Waals surface area contributed by atoms with Gasteiger partial charge in [-0.1, -0.05) is 17.7 Å². The molecule has 6 nitrogen and oxygen atoms in total. The summed E-state index contributed by atoms with van der Waals surface area (Å²) in [4.78, 5) is 23.1. The van der Waals surface area contributed by atoms with Crippen LogP contribution in [0.4, 0.5) is 0 Å². The lowest BCUT2D eigenvalue weighted by atomic mass is 10.2. The largest absolute Gasteiger partial charge is 0.450 e. The lowest BCUT2D eigenvalue weighted by molar-refractivity contribution is -0.147. The molecule has 0 spiro atoms. The molecule has 0 bridgehead atoms. The normalized spacial score (nSPS) is 11.4. The number of ether oxygens (including phenoxy) is 1. The first kappa shape index (κ1) is 20.9. The molecular formula is C18H23NO5S. The second kappa shape index (κ2) is 8.79. The Morgan fingerprint density at radius 2 is 1.72 bits per heavy atom. The second-order valence-electron chi connectivity index (χ2n) is 6.49. The van der Waals surface area contributed by atoms with Gasteiger partial charge in [0.1, 0.15) is 5.60 Å². The maximum atomic E-state index is 12.1. The van der Waals surface area contributed by atoms with Crippen LogP contribution in [0.2, 0.25) is 0 Å². The van der Waals surface area contributed by atoms with Crippen LogP contribution in [0.3, 0.4) is 0 Å². The van der Waals surface area contributed by atoms with E-state index >= 15 is 0 Å². The van der Waals surface area contributed by atoms with Gasteiger partial charge in [-0.2, -0.15) is 0 Å². The molecule has 1 aromatic rings. The van der Waals surface area contributed by atoms with E-state index < -0.39 is 27.4 Å². The second-order valence-corrected chi connectivity index (χ2v) is 8.26. The highest BCUT2D eigenvalue weighted by molar-refractivity contribution is 7.89. The fourth-order valence-corrected chi connectivity index (χ4v) is 2.82. The summed E-state index contributed by atoms with van der Waals surface area (Å²) in [5, 5.41) is 0. The van der Waals surface area contributed by atoms with Crippen molar-refractivity contribution >= 4 is 21.8 Å². The number of nitrogens with one attached hydrogen (secondary N) is 1. The number of Topliss-reactive ketones (excluding diaryl/α,β-unsaturated/α-hetero) is 1. The molecule has 0 aromatic heterocycles. The molecule has 0 aliphatic rings. The predicted molar refractivity (Wildman–Crippen MR) is 94.2 cm³/mol. The van der Waals surface area contributed by atoms with Crippen LogP contribution in [0, 0.1) is 18.8 Å². The Hall–Kier alpha value is -2.17. The molecule has 0 aliphatic carbocycles. The number of carbonyl (C=O) groups is 2. The van der Waals surface area contributed by atoms with Crippen molar-refractivity contribution in [1.29, 1.82) is 0 Å². The fourth-order valence-electron chi connectivity index (χ4n) is 1.74. The van der Waals surface area contributed by atoms with Gasteiger partial charge in [-0.3, -0.25) is 4.79 Å². The zero-order valence-corrected chi connectivity index (χ0v) is 15.7. The van der Waals surface area contributed by atoms with Crippen LogP contribution in [0.1, 0.15) is 39.2 Å². The molecule has 0 radical (unpaired) electrons. The van der Waals surface area contributed by atoms with Gasteiger partial charge >= 0.3 is 5.97 Å². The molecule has 0 saturated heterocycles. The van der Waals surface area contributed by atoms with Crippen LogP contribution < -0.4 is 4.72 Å². The van der Waals surface area contributed by atoms with Crippen molar-refractivity contribution in [3.05, 3.63) is 29.8 Å². The standard InChI is InChI=1S/C18H23NO5S/c1-14-7-10-16(11-8-14)25(22,23)19-13-5-6-15(20)9-12-17(21)24-18(2,3)4/h7-8,10-11,19H,5-6,13H2,1-4H3. The lowest BCUT2D eigenvalue weighted by Gasteiger charge is -2.16. The summed E-state index contributed by atoms with van der Waals surface area (Å²) in [7, 11) is -3.59. The number of sulfonamides is 1. The Balaban J connectivity index is 2.41. The third-order valence-corrected chi connectivity index (χ3v) is 4.38. The number of aryl methyl sites for hydroxylation is 1. The van der Waals surface area contributed by atoms with Gasteiger partial charge in [0.15, 0.2) is 0 Å². The van der Waals surface area contributed by atoms with Crippen LogP contribution in [-0.4, -0.2) is 32.3 Å². The number of hydrogen-bond donors (Lipinski definition) is 1. The average molecular weight is 365 g/mol. The van der Waals surface area contributed by atoms with E-state index in [9.17, 15) is 18.0 Å². The van der Waals surface area contributed by atoms with E-state index in [1.54, 1.807) is 32.9 Å². The van der Waals surface area contributed by atoms with Crippen LogP contribution in [0.5, 0.6) is 0 Å². The van der Waals surface area contributed by atoms with Crippen LogP contribution in [0.25, 0.3) is 0 Å². The van der Waals surface area contributed by atoms with Crippen molar-refractivity contribution in [2.24, 2.45) is 0 Å². The minimum absolute atomic E-state index is 0.0478. The number of rotatable bonds is 6. The summed E-state index contributed by atoms with van der Waals surface area (Å²) in [6.07, 6.45) is 0.332. The van der Waals surface area contributed by atoms with E-state index in [-0.39, 0.29) is 24.3 Å². The Morgan fingerprint density at radius 3 is 2.28 bits per heavy atom. The molecule has 1 rings (SSSR count). The summed E-state index contributed by atoms with van der Waals surface area (Å²) in [6.45, 7) is 7.08. The molecule has 0 unspecified atom stereocenters. The third-order valence-electron chi connectivity index (χ3n) is 2.91. The summed E-state index contributed by atoms with van der Waals surface area (Å²) >= 11 is 0. The van der Waals surface area contributed by atoms with Crippen molar-refractivity contribution in [3.8, 4) is 11.8 Å². The molecule has 136 valence electrons. The first-order valence-electron chi connectivity index (χ1n) is 7.84. The molecule has 0 atom stereocenters. The Morgan fingerprint density at radius 1 is 1.12 bits per heavy atom. The van der Waals surface area contributed by atoms with E-state index in [2.05, 4.69) is 16.6 Å². The van der Waals surface area contributed by atoms with E-state index in [0.717, 1.165) is 5.56 Å². The zero-order chi connectivity index (χ0) is 19.1. The van der Waals surface area contributed by atoms with Crippen LogP contribution in [-0.2, 0) is 24.3 Å². The summed E-state index contributed by atoms with van der Waals surface area (Å²) in [6, 6.07) is 6.47. The number of carbonyl (C=O) groups excluding carboxylic acids is 2. The molecule has 0 heterocycles. The van der Waals surface area contributed by atoms with E-state index in [1.807, 2.05) is 6.92 Å².